The van der Waals surface area contributed by atoms with Gasteiger partial charge in [0, 0.05) is 22.3 Å². The molecule has 6 rings (SSSR count). The lowest BCUT2D eigenvalue weighted by Crippen LogP contribution is -2.22. The van der Waals surface area contributed by atoms with Crippen LogP contribution in [0.1, 0.15) is 31.8 Å². The fraction of sp³-hybridized carbons (Fsp3) is 0.0588. The SMILES string of the molecule is COc1cc(-c2ccc(N/N=C3/C=C(S(=O)(=O)O)c4ccccc4C3=O)c(OC)c2)ccc1N/N=C1/C=C(S(=O)(=O)O)c2ccccc2C1=O. The van der Waals surface area contributed by atoms with Crippen molar-refractivity contribution in [1.29, 1.82) is 0 Å². The van der Waals surface area contributed by atoms with E-state index in [1.165, 1.54) is 38.5 Å². The fourth-order valence-corrected chi connectivity index (χ4v) is 6.80. The van der Waals surface area contributed by atoms with E-state index in [1.807, 2.05) is 0 Å². The Morgan fingerprint density at radius 3 is 1.26 bits per heavy atom. The maximum Gasteiger partial charge on any atom is 0.295 e. The van der Waals surface area contributed by atoms with Crippen LogP contribution in [-0.4, -0.2) is 63.2 Å². The average Bonchev–Trinajstić information content (AvgIpc) is 3.10. The summed E-state index contributed by atoms with van der Waals surface area (Å²) in [5.74, 6) is -0.455. The van der Waals surface area contributed by atoms with Crippen LogP contribution in [0.3, 0.4) is 0 Å². The Labute approximate surface area is 285 Å². The lowest BCUT2D eigenvalue weighted by molar-refractivity contribution is 0.105. The molecule has 0 bridgehead atoms. The van der Waals surface area contributed by atoms with E-state index in [9.17, 15) is 35.5 Å². The number of hydrogen-bond acceptors (Lipinski definition) is 12. The maximum absolute atomic E-state index is 13.0. The third-order valence-electron chi connectivity index (χ3n) is 7.76. The molecule has 2 aliphatic carbocycles. The molecule has 0 radical (unpaired) electrons. The Morgan fingerprint density at radius 2 is 0.920 bits per heavy atom. The lowest BCUT2D eigenvalue weighted by atomic mass is 9.95. The second-order valence-electron chi connectivity index (χ2n) is 10.8. The molecule has 16 heteroatoms. The summed E-state index contributed by atoms with van der Waals surface area (Å²) < 4.78 is 78.7. The first kappa shape index (κ1) is 33.9. The van der Waals surface area contributed by atoms with Gasteiger partial charge >= 0.3 is 0 Å². The highest BCUT2D eigenvalue weighted by Gasteiger charge is 2.31. The molecule has 2 aliphatic rings. The smallest absolute Gasteiger partial charge is 0.295 e. The van der Waals surface area contributed by atoms with Gasteiger partial charge in [0.05, 0.1) is 25.6 Å². The monoisotopic (exact) mass is 714 g/mol. The summed E-state index contributed by atoms with van der Waals surface area (Å²) in [7, 11) is -6.47. The van der Waals surface area contributed by atoms with Crippen molar-refractivity contribution in [2.45, 2.75) is 0 Å². The van der Waals surface area contributed by atoms with Gasteiger partial charge in [0.25, 0.3) is 20.2 Å². The number of methoxy groups -OCH3 is 2. The number of carbonyl (C=O) groups excluding carboxylic acids is 2. The Balaban J connectivity index is 1.26. The number of fused-ring (bicyclic) bond motifs is 2. The second kappa shape index (κ2) is 13.2. The van der Waals surface area contributed by atoms with Crippen molar-refractivity contribution in [3.8, 4) is 22.6 Å². The van der Waals surface area contributed by atoms with Crippen LogP contribution in [0, 0.1) is 0 Å². The number of hydrogen-bond donors (Lipinski definition) is 4. The molecule has 4 aromatic carbocycles. The Bertz CT molecular complexity index is 2280. The van der Waals surface area contributed by atoms with Crippen molar-refractivity contribution in [2.75, 3.05) is 25.1 Å². The van der Waals surface area contributed by atoms with Gasteiger partial charge in [-0.15, -0.1) is 0 Å². The summed E-state index contributed by atoms with van der Waals surface area (Å²) in [6, 6.07) is 22.0. The van der Waals surface area contributed by atoms with Gasteiger partial charge < -0.3 is 9.47 Å². The zero-order chi connectivity index (χ0) is 35.8. The molecule has 0 saturated heterocycles. The molecule has 254 valence electrons. The van der Waals surface area contributed by atoms with Gasteiger partial charge in [0.15, 0.2) is 0 Å². The van der Waals surface area contributed by atoms with Gasteiger partial charge in [-0.1, -0.05) is 60.7 Å². The molecule has 0 amide bonds. The number of anilines is 2. The summed E-state index contributed by atoms with van der Waals surface area (Å²) in [4.78, 5) is 25.2. The van der Waals surface area contributed by atoms with Crippen LogP contribution in [-0.2, 0) is 20.2 Å². The predicted molar refractivity (Wildman–Crippen MR) is 188 cm³/mol. The molecule has 50 heavy (non-hydrogen) atoms. The average molecular weight is 715 g/mol. The Morgan fingerprint density at radius 1 is 0.560 bits per heavy atom. The molecule has 0 aromatic heterocycles. The van der Waals surface area contributed by atoms with Gasteiger partial charge in [-0.05, 0) is 47.5 Å². The first-order valence-corrected chi connectivity index (χ1v) is 17.4. The summed E-state index contributed by atoms with van der Waals surface area (Å²) >= 11 is 0. The van der Waals surface area contributed by atoms with E-state index in [4.69, 9.17) is 9.47 Å². The minimum absolute atomic E-state index is 0.0683. The molecule has 0 saturated carbocycles. The molecule has 4 aromatic rings. The zero-order valence-electron chi connectivity index (χ0n) is 26.1. The molecule has 0 atom stereocenters. The van der Waals surface area contributed by atoms with Crippen LogP contribution in [0.4, 0.5) is 11.4 Å². The second-order valence-corrected chi connectivity index (χ2v) is 13.5. The molecular weight excluding hydrogens is 689 g/mol. The molecule has 0 fully saturated rings. The quantitative estimate of drug-likeness (QED) is 0.131. The number of allylic oxidation sites excluding steroid dienone is 2. The van der Waals surface area contributed by atoms with E-state index in [0.29, 0.717) is 34.0 Å². The highest BCUT2D eigenvalue weighted by Crippen LogP contribution is 2.36. The number of ether oxygens (including phenoxy) is 2. The number of nitrogens with one attached hydrogen (secondary N) is 2. The first-order valence-electron chi connectivity index (χ1n) is 14.5. The first-order chi connectivity index (χ1) is 23.8. The largest absolute Gasteiger partial charge is 0.494 e. The summed E-state index contributed by atoms with van der Waals surface area (Å²) in [6.07, 6.45) is 1.99. The van der Waals surface area contributed by atoms with Crippen LogP contribution in [0.2, 0.25) is 0 Å². The predicted octanol–water partition coefficient (Wildman–Crippen LogP) is 5.16. The van der Waals surface area contributed by atoms with Crippen molar-refractivity contribution in [1.82, 2.24) is 0 Å². The maximum atomic E-state index is 13.0. The fourth-order valence-electron chi connectivity index (χ4n) is 5.36. The Hall–Kier alpha value is -5.94. The van der Waals surface area contributed by atoms with Crippen molar-refractivity contribution < 1.29 is 45.0 Å². The highest BCUT2D eigenvalue weighted by atomic mass is 32.2. The van der Waals surface area contributed by atoms with Crippen LogP contribution in [0.15, 0.2) is 107 Å². The number of carbonyl (C=O) groups is 2. The minimum Gasteiger partial charge on any atom is -0.494 e. The Kier molecular flexibility index (Phi) is 8.94. The summed E-state index contributed by atoms with van der Waals surface area (Å²) in [6.45, 7) is 0. The summed E-state index contributed by atoms with van der Waals surface area (Å²) in [5, 5.41) is 8.22. The van der Waals surface area contributed by atoms with Gasteiger partial charge in [-0.25, -0.2) is 0 Å². The van der Waals surface area contributed by atoms with E-state index in [2.05, 4.69) is 21.1 Å². The van der Waals surface area contributed by atoms with Crippen LogP contribution in [0.25, 0.3) is 20.9 Å². The van der Waals surface area contributed by atoms with Gasteiger partial charge in [-0.3, -0.25) is 29.5 Å². The molecular formula is C34H26N4O10S2. The van der Waals surface area contributed by atoms with Gasteiger partial charge in [0.1, 0.15) is 32.7 Å². The molecule has 0 unspecified atom stereocenters. The van der Waals surface area contributed by atoms with E-state index in [1.54, 1.807) is 60.7 Å². The van der Waals surface area contributed by atoms with Crippen molar-refractivity contribution in [2.24, 2.45) is 10.2 Å². The van der Waals surface area contributed by atoms with Crippen LogP contribution in [0.5, 0.6) is 11.5 Å². The summed E-state index contributed by atoms with van der Waals surface area (Å²) in [5.41, 5.74) is 7.28. The van der Waals surface area contributed by atoms with E-state index < -0.39 is 41.6 Å². The highest BCUT2D eigenvalue weighted by molar-refractivity contribution is 7.95. The molecule has 4 N–H and O–H groups in total. The lowest BCUT2D eigenvalue weighted by Gasteiger charge is -2.17. The van der Waals surface area contributed by atoms with Crippen molar-refractivity contribution in [3.63, 3.8) is 0 Å². The van der Waals surface area contributed by atoms with Crippen molar-refractivity contribution in [3.05, 3.63) is 119 Å². The topological polar surface area (TPSA) is 210 Å². The van der Waals surface area contributed by atoms with E-state index >= 15 is 0 Å². The van der Waals surface area contributed by atoms with Crippen molar-refractivity contribution >= 4 is 64.4 Å². The molecule has 0 spiro atoms. The third kappa shape index (κ3) is 6.55. The number of ketones is 2. The van der Waals surface area contributed by atoms with E-state index in [-0.39, 0.29) is 33.7 Å². The van der Waals surface area contributed by atoms with Gasteiger partial charge in [-0.2, -0.15) is 27.0 Å². The number of benzene rings is 4. The third-order valence-corrected chi connectivity index (χ3v) is 9.55. The normalized spacial score (nSPS) is 15.9. The number of nitrogens with zero attached hydrogens (tertiary/aromatic N) is 2. The number of Topliss-reactive ketones (excluding diaryl/α,β-unsaturated/α-hetero) is 2. The minimum atomic E-state index is -4.66. The zero-order valence-corrected chi connectivity index (χ0v) is 27.7. The van der Waals surface area contributed by atoms with Crippen LogP contribution < -0.4 is 20.3 Å². The van der Waals surface area contributed by atoms with Crippen LogP contribution >= 0.6 is 0 Å². The molecule has 14 nitrogen and oxygen atoms in total. The van der Waals surface area contributed by atoms with Gasteiger partial charge in [0.2, 0.25) is 11.6 Å². The molecule has 0 heterocycles. The van der Waals surface area contributed by atoms with E-state index in [0.717, 1.165) is 12.2 Å². The molecule has 0 aliphatic heterocycles. The standard InChI is InChI=1S/C34H26N4O10S2/c1-47-29-15-19(11-13-25(29)35-37-27-17-31(49(41,42)43)21-7-3-5-9-23(21)33(27)39)20-12-14-26(30(16-20)48-2)36-38-28-18-32(50(44,45)46)22-8-4-6-10-24(22)34(28)40/h3-18,35-36H,1-2H3,(H,41,42,43)(H,44,45,46)/b37-27-,38-28-. The number of rotatable bonds is 9. The number of hydrazone groups is 2.